The lowest BCUT2D eigenvalue weighted by Crippen LogP contribution is -2.29. The third-order valence-electron chi connectivity index (χ3n) is 3.39. The van der Waals surface area contributed by atoms with Crippen LogP contribution in [0.2, 0.25) is 0 Å². The summed E-state index contributed by atoms with van der Waals surface area (Å²) in [6.45, 7) is 2.57. The van der Waals surface area contributed by atoms with Crippen molar-refractivity contribution in [1.82, 2.24) is 5.32 Å². The summed E-state index contributed by atoms with van der Waals surface area (Å²) in [6.07, 6.45) is 0.844. The number of anilines is 1. The van der Waals surface area contributed by atoms with E-state index in [1.165, 1.54) is 6.07 Å². The Kier molecular flexibility index (Phi) is 6.83. The number of carbonyl (C=O) groups excluding carboxylic acids is 2. The van der Waals surface area contributed by atoms with Crippen LogP contribution in [0.25, 0.3) is 0 Å². The molecule has 0 heterocycles. The molecule has 0 saturated heterocycles. The Labute approximate surface area is 146 Å². The van der Waals surface area contributed by atoms with Crippen LogP contribution in [-0.4, -0.2) is 25.0 Å². The highest BCUT2D eigenvalue weighted by atomic mass is 16.5. The minimum absolute atomic E-state index is 0.160. The van der Waals surface area contributed by atoms with Crippen molar-refractivity contribution >= 4 is 17.6 Å². The van der Waals surface area contributed by atoms with Gasteiger partial charge in [-0.15, -0.1) is 0 Å². The third-order valence-corrected chi connectivity index (χ3v) is 3.39. The number of rotatable bonds is 8. The summed E-state index contributed by atoms with van der Waals surface area (Å²) in [5.41, 5.74) is 7.39. The summed E-state index contributed by atoms with van der Waals surface area (Å²) in [5.74, 6) is -0.441. The molecule has 0 unspecified atom stereocenters. The molecule has 25 heavy (non-hydrogen) atoms. The summed E-state index contributed by atoms with van der Waals surface area (Å²) in [7, 11) is 0. The molecule has 2 aromatic rings. The molecular formula is C19H22N2O4. The minimum Gasteiger partial charge on any atom is -0.482 e. The van der Waals surface area contributed by atoms with E-state index in [1.807, 2.05) is 37.3 Å². The van der Waals surface area contributed by atoms with Gasteiger partial charge in [0.25, 0.3) is 5.91 Å². The number of esters is 1. The molecule has 0 aliphatic rings. The number of carbonyl (C=O) groups is 2. The summed E-state index contributed by atoms with van der Waals surface area (Å²) < 4.78 is 10.7. The standard InChI is InChI=1S/C19H22N2O4/c1-2-10-21-18(22)13-24-17-11-15(8-9-16(17)20)19(23)25-12-14-6-4-3-5-7-14/h3-9,11H,2,10,12-13,20H2,1H3,(H,21,22). The van der Waals surface area contributed by atoms with E-state index < -0.39 is 5.97 Å². The molecule has 2 rings (SSSR count). The molecule has 0 spiro atoms. The first-order chi connectivity index (χ1) is 12.1. The number of ether oxygens (including phenoxy) is 2. The number of nitrogen functional groups attached to an aromatic ring is 1. The molecule has 0 aliphatic heterocycles. The minimum atomic E-state index is -0.482. The van der Waals surface area contributed by atoms with Crippen LogP contribution in [0.1, 0.15) is 29.3 Å². The number of nitrogens with two attached hydrogens (primary N) is 1. The Morgan fingerprint density at radius 2 is 1.88 bits per heavy atom. The predicted molar refractivity (Wildman–Crippen MR) is 95.2 cm³/mol. The maximum absolute atomic E-state index is 12.2. The van der Waals surface area contributed by atoms with E-state index in [-0.39, 0.29) is 24.9 Å². The molecule has 3 N–H and O–H groups in total. The molecule has 0 atom stereocenters. The molecule has 1 amide bonds. The highest BCUT2D eigenvalue weighted by molar-refractivity contribution is 5.90. The van der Waals surface area contributed by atoms with Crippen LogP contribution in [0.3, 0.4) is 0 Å². The average Bonchev–Trinajstić information content (AvgIpc) is 2.64. The van der Waals surface area contributed by atoms with Gasteiger partial charge in [-0.05, 0) is 30.2 Å². The molecule has 0 aliphatic carbocycles. The van der Waals surface area contributed by atoms with Gasteiger partial charge in [-0.2, -0.15) is 0 Å². The first kappa shape index (κ1) is 18.3. The fraction of sp³-hybridized carbons (Fsp3) is 0.263. The molecule has 0 radical (unpaired) electrons. The average molecular weight is 342 g/mol. The van der Waals surface area contributed by atoms with Crippen LogP contribution in [0.15, 0.2) is 48.5 Å². The van der Waals surface area contributed by atoms with Gasteiger partial charge in [-0.25, -0.2) is 4.79 Å². The number of benzene rings is 2. The van der Waals surface area contributed by atoms with Crippen molar-refractivity contribution in [3.05, 3.63) is 59.7 Å². The highest BCUT2D eigenvalue weighted by Crippen LogP contribution is 2.23. The Bertz CT molecular complexity index is 717. The SMILES string of the molecule is CCCNC(=O)COc1cc(C(=O)OCc2ccccc2)ccc1N. The molecule has 132 valence electrons. The van der Waals surface area contributed by atoms with E-state index in [9.17, 15) is 9.59 Å². The van der Waals surface area contributed by atoms with Crippen LogP contribution in [0.4, 0.5) is 5.69 Å². The van der Waals surface area contributed by atoms with E-state index in [0.717, 1.165) is 12.0 Å². The number of amides is 1. The van der Waals surface area contributed by atoms with Crippen molar-refractivity contribution < 1.29 is 19.1 Å². The predicted octanol–water partition coefficient (Wildman–Crippen LogP) is 2.53. The molecule has 2 aromatic carbocycles. The van der Waals surface area contributed by atoms with Gasteiger partial charge in [-0.1, -0.05) is 37.3 Å². The lowest BCUT2D eigenvalue weighted by molar-refractivity contribution is -0.123. The molecular weight excluding hydrogens is 320 g/mol. The van der Waals surface area contributed by atoms with E-state index >= 15 is 0 Å². The van der Waals surface area contributed by atoms with Gasteiger partial charge in [0.2, 0.25) is 0 Å². The zero-order chi connectivity index (χ0) is 18.1. The highest BCUT2D eigenvalue weighted by Gasteiger charge is 2.12. The molecule has 6 nitrogen and oxygen atoms in total. The zero-order valence-electron chi connectivity index (χ0n) is 14.2. The van der Waals surface area contributed by atoms with Crippen LogP contribution in [-0.2, 0) is 16.1 Å². The van der Waals surface area contributed by atoms with Crippen molar-refractivity contribution in [3.8, 4) is 5.75 Å². The van der Waals surface area contributed by atoms with E-state index in [0.29, 0.717) is 17.8 Å². The number of nitrogens with one attached hydrogen (secondary N) is 1. The van der Waals surface area contributed by atoms with Crippen LogP contribution < -0.4 is 15.8 Å². The smallest absolute Gasteiger partial charge is 0.338 e. The third kappa shape index (κ3) is 5.84. The second-order valence-electron chi connectivity index (χ2n) is 5.45. The van der Waals surface area contributed by atoms with Gasteiger partial charge in [0.1, 0.15) is 12.4 Å². The molecule has 0 fully saturated rings. The van der Waals surface area contributed by atoms with Crippen molar-refractivity contribution in [2.45, 2.75) is 20.0 Å². The van der Waals surface area contributed by atoms with Crippen LogP contribution in [0.5, 0.6) is 5.75 Å². The topological polar surface area (TPSA) is 90.6 Å². The monoisotopic (exact) mass is 342 g/mol. The lowest BCUT2D eigenvalue weighted by atomic mass is 10.2. The Balaban J connectivity index is 1.95. The fourth-order valence-corrected chi connectivity index (χ4v) is 2.05. The van der Waals surface area contributed by atoms with Gasteiger partial charge in [-0.3, -0.25) is 4.79 Å². The van der Waals surface area contributed by atoms with Crippen LogP contribution in [0, 0.1) is 0 Å². The normalized spacial score (nSPS) is 10.1. The summed E-state index contributed by atoms with van der Waals surface area (Å²) in [6, 6.07) is 14.0. The Morgan fingerprint density at radius 3 is 2.60 bits per heavy atom. The van der Waals surface area contributed by atoms with Gasteiger partial charge in [0.05, 0.1) is 11.3 Å². The molecule has 0 aromatic heterocycles. The number of hydrogen-bond acceptors (Lipinski definition) is 5. The Morgan fingerprint density at radius 1 is 1.12 bits per heavy atom. The number of hydrogen-bond donors (Lipinski definition) is 2. The van der Waals surface area contributed by atoms with Gasteiger partial charge >= 0.3 is 5.97 Å². The van der Waals surface area contributed by atoms with E-state index in [2.05, 4.69) is 5.32 Å². The van der Waals surface area contributed by atoms with Gasteiger partial charge in [0.15, 0.2) is 6.61 Å². The van der Waals surface area contributed by atoms with Gasteiger partial charge in [0, 0.05) is 6.54 Å². The van der Waals surface area contributed by atoms with Crippen molar-refractivity contribution in [1.29, 1.82) is 0 Å². The largest absolute Gasteiger partial charge is 0.482 e. The maximum atomic E-state index is 12.2. The second-order valence-corrected chi connectivity index (χ2v) is 5.45. The molecule has 0 bridgehead atoms. The molecule has 0 saturated carbocycles. The zero-order valence-corrected chi connectivity index (χ0v) is 14.2. The maximum Gasteiger partial charge on any atom is 0.338 e. The summed E-state index contributed by atoms with van der Waals surface area (Å²) in [5, 5.41) is 2.70. The van der Waals surface area contributed by atoms with Crippen molar-refractivity contribution in [2.24, 2.45) is 0 Å². The Hall–Kier alpha value is -3.02. The van der Waals surface area contributed by atoms with Crippen LogP contribution >= 0.6 is 0 Å². The first-order valence-corrected chi connectivity index (χ1v) is 8.10. The summed E-state index contributed by atoms with van der Waals surface area (Å²) >= 11 is 0. The van der Waals surface area contributed by atoms with E-state index in [1.54, 1.807) is 12.1 Å². The van der Waals surface area contributed by atoms with Crippen molar-refractivity contribution in [2.75, 3.05) is 18.9 Å². The summed E-state index contributed by atoms with van der Waals surface area (Å²) in [4.78, 5) is 23.8. The fourth-order valence-electron chi connectivity index (χ4n) is 2.05. The van der Waals surface area contributed by atoms with Gasteiger partial charge < -0.3 is 20.5 Å². The quantitative estimate of drug-likeness (QED) is 0.568. The molecule has 6 heteroatoms. The second kappa shape index (κ2) is 9.32. The lowest BCUT2D eigenvalue weighted by Gasteiger charge is -2.11. The van der Waals surface area contributed by atoms with E-state index in [4.69, 9.17) is 15.2 Å². The first-order valence-electron chi connectivity index (χ1n) is 8.10. The van der Waals surface area contributed by atoms with Crippen molar-refractivity contribution in [3.63, 3.8) is 0 Å².